The van der Waals surface area contributed by atoms with E-state index in [1.165, 1.54) is 0 Å². The summed E-state index contributed by atoms with van der Waals surface area (Å²) in [4.78, 5) is 26.1. The summed E-state index contributed by atoms with van der Waals surface area (Å²) in [5, 5.41) is 1.97. The molecule has 9 rings (SSSR count). The van der Waals surface area contributed by atoms with E-state index in [-0.39, 0.29) is 0 Å². The largest absolute Gasteiger partial charge is 0.292 e. The minimum atomic E-state index is 0.593. The van der Waals surface area contributed by atoms with E-state index in [0.717, 1.165) is 83.6 Å². The van der Waals surface area contributed by atoms with Crippen molar-refractivity contribution in [1.82, 2.24) is 29.5 Å². The van der Waals surface area contributed by atoms with E-state index in [4.69, 9.17) is 24.9 Å². The van der Waals surface area contributed by atoms with Crippen LogP contribution in [0.25, 0.3) is 95.2 Å². The first-order chi connectivity index (χ1) is 26.7. The molecule has 0 saturated carbocycles. The Morgan fingerprint density at radius 2 is 0.981 bits per heavy atom. The maximum atomic E-state index is 5.27. The highest BCUT2D eigenvalue weighted by molar-refractivity contribution is 5.96. The molecule has 6 nitrogen and oxygen atoms in total. The van der Waals surface area contributed by atoms with Gasteiger partial charge in [0.25, 0.3) is 0 Å². The third kappa shape index (κ3) is 5.95. The van der Waals surface area contributed by atoms with Crippen LogP contribution in [0.15, 0.2) is 183 Å². The maximum absolute atomic E-state index is 5.27. The standard InChI is InChI=1S/C48H34N6/c1-3-5-22-37(4-2)54-43-28-17-16-27-42(43)51-48(54)36-30-34(46-49-40-25-14-12-23-38(40)44(52-46)32-18-8-6-9-19-32)29-35(31-36)47-50-41-26-15-13-24-39(41)45(53-47)33-20-10-7-11-21-33/h3-31H,2H2,1H3/b5-3-,37-22+. The second-order valence-corrected chi connectivity index (χ2v) is 12.9. The Morgan fingerprint density at radius 1 is 0.500 bits per heavy atom. The molecule has 0 atom stereocenters. The molecular weight excluding hydrogens is 661 g/mol. The van der Waals surface area contributed by atoms with Crippen LogP contribution in [-0.4, -0.2) is 29.5 Å². The lowest BCUT2D eigenvalue weighted by Gasteiger charge is -2.15. The number of aromatic nitrogens is 6. The summed E-state index contributed by atoms with van der Waals surface area (Å²) in [5.41, 5.74) is 10.7. The predicted octanol–water partition coefficient (Wildman–Crippen LogP) is 11.9. The van der Waals surface area contributed by atoms with Crippen LogP contribution in [-0.2, 0) is 0 Å². The van der Waals surface area contributed by atoms with Gasteiger partial charge in [0.05, 0.1) is 33.5 Å². The highest BCUT2D eigenvalue weighted by atomic mass is 15.1. The van der Waals surface area contributed by atoms with E-state index in [1.54, 1.807) is 0 Å². The summed E-state index contributed by atoms with van der Waals surface area (Å²) in [6, 6.07) is 51.4. The number of nitrogens with zero attached hydrogens (tertiary/aromatic N) is 6. The summed E-state index contributed by atoms with van der Waals surface area (Å²) >= 11 is 0. The van der Waals surface area contributed by atoms with Gasteiger partial charge in [-0.3, -0.25) is 4.57 Å². The Hall–Kier alpha value is -7.31. The zero-order valence-electron chi connectivity index (χ0n) is 29.6. The number of hydrogen-bond donors (Lipinski definition) is 0. The number of allylic oxidation sites excluding steroid dienone is 5. The molecule has 0 radical (unpaired) electrons. The average molecular weight is 695 g/mol. The third-order valence-electron chi connectivity index (χ3n) is 9.50. The third-order valence-corrected chi connectivity index (χ3v) is 9.50. The number of imidazole rings is 1. The molecule has 3 heterocycles. The lowest BCUT2D eigenvalue weighted by Crippen LogP contribution is -2.01. The fourth-order valence-corrected chi connectivity index (χ4v) is 6.97. The molecule has 0 bridgehead atoms. The van der Waals surface area contributed by atoms with E-state index in [9.17, 15) is 0 Å². The van der Waals surface area contributed by atoms with Crippen molar-refractivity contribution in [3.63, 3.8) is 0 Å². The van der Waals surface area contributed by atoms with Crippen molar-refractivity contribution in [2.45, 2.75) is 6.92 Å². The summed E-state index contributed by atoms with van der Waals surface area (Å²) in [6.07, 6.45) is 7.93. The summed E-state index contributed by atoms with van der Waals surface area (Å²) < 4.78 is 2.15. The van der Waals surface area contributed by atoms with Gasteiger partial charge in [0.2, 0.25) is 0 Å². The van der Waals surface area contributed by atoms with Gasteiger partial charge in [-0.05, 0) is 61.5 Å². The molecule has 6 aromatic carbocycles. The molecule has 0 N–H and O–H groups in total. The van der Waals surface area contributed by atoms with Crippen molar-refractivity contribution in [2.24, 2.45) is 0 Å². The van der Waals surface area contributed by atoms with E-state index in [0.29, 0.717) is 11.6 Å². The summed E-state index contributed by atoms with van der Waals surface area (Å²) in [7, 11) is 0. The molecule has 0 saturated heterocycles. The Balaban J connectivity index is 1.35. The quantitative estimate of drug-likeness (QED) is 0.148. The summed E-state index contributed by atoms with van der Waals surface area (Å²) in [5.74, 6) is 1.94. The molecule has 0 unspecified atom stereocenters. The van der Waals surface area contributed by atoms with Crippen LogP contribution in [0.1, 0.15) is 6.92 Å². The van der Waals surface area contributed by atoms with Crippen LogP contribution in [0.2, 0.25) is 0 Å². The van der Waals surface area contributed by atoms with Crippen molar-refractivity contribution >= 4 is 38.5 Å². The number of rotatable bonds is 8. The number of benzene rings is 6. The fourth-order valence-electron chi connectivity index (χ4n) is 6.97. The minimum Gasteiger partial charge on any atom is -0.292 e. The van der Waals surface area contributed by atoms with Crippen LogP contribution in [0, 0.1) is 0 Å². The first-order valence-electron chi connectivity index (χ1n) is 17.9. The molecule has 3 aromatic heterocycles. The molecule has 0 fully saturated rings. The van der Waals surface area contributed by atoms with Gasteiger partial charge in [-0.25, -0.2) is 24.9 Å². The minimum absolute atomic E-state index is 0.593. The molecule has 0 aliphatic heterocycles. The zero-order chi connectivity index (χ0) is 36.4. The van der Waals surface area contributed by atoms with E-state index < -0.39 is 0 Å². The fraction of sp³-hybridized carbons (Fsp3) is 0.0208. The lowest BCUT2D eigenvalue weighted by atomic mass is 10.0. The van der Waals surface area contributed by atoms with E-state index in [1.807, 2.05) is 122 Å². The smallest absolute Gasteiger partial charge is 0.160 e. The van der Waals surface area contributed by atoms with E-state index >= 15 is 0 Å². The van der Waals surface area contributed by atoms with Gasteiger partial charge in [-0.1, -0.05) is 128 Å². The normalized spacial score (nSPS) is 11.9. The second-order valence-electron chi connectivity index (χ2n) is 12.9. The lowest BCUT2D eigenvalue weighted by molar-refractivity contribution is 1.14. The van der Waals surface area contributed by atoms with E-state index in [2.05, 4.69) is 71.8 Å². The van der Waals surface area contributed by atoms with Crippen molar-refractivity contribution in [3.05, 3.63) is 183 Å². The van der Waals surface area contributed by atoms with Crippen LogP contribution in [0.4, 0.5) is 0 Å². The molecule has 9 aromatic rings. The van der Waals surface area contributed by atoms with Crippen molar-refractivity contribution in [3.8, 4) is 56.7 Å². The molecule has 0 aliphatic rings. The second kappa shape index (κ2) is 14.0. The van der Waals surface area contributed by atoms with Crippen LogP contribution < -0.4 is 0 Å². The summed E-state index contributed by atoms with van der Waals surface area (Å²) in [6.45, 7) is 6.19. The molecule has 54 heavy (non-hydrogen) atoms. The van der Waals surface area contributed by atoms with Gasteiger partial charge in [0.15, 0.2) is 11.6 Å². The SMILES string of the molecule is C=C/C(=C\C=C/C)n1c(-c2cc(-c3nc(-c4ccccc4)c4ccccc4n3)cc(-c3nc(-c4ccccc4)c4ccccc4n3)c2)nc2ccccc21. The maximum Gasteiger partial charge on any atom is 0.160 e. The number of hydrogen-bond acceptors (Lipinski definition) is 5. The van der Waals surface area contributed by atoms with Crippen molar-refractivity contribution in [2.75, 3.05) is 0 Å². The Kier molecular flexibility index (Phi) is 8.46. The monoisotopic (exact) mass is 694 g/mol. The molecule has 0 spiro atoms. The van der Waals surface area contributed by atoms with Crippen LogP contribution in [0.3, 0.4) is 0 Å². The molecule has 256 valence electrons. The molecule has 0 amide bonds. The number of fused-ring (bicyclic) bond motifs is 3. The Bertz CT molecular complexity index is 2760. The van der Waals surface area contributed by atoms with Crippen molar-refractivity contribution in [1.29, 1.82) is 0 Å². The molecular formula is C48H34N6. The van der Waals surface area contributed by atoms with Gasteiger partial charge < -0.3 is 0 Å². The van der Waals surface area contributed by atoms with Gasteiger partial charge >= 0.3 is 0 Å². The predicted molar refractivity (Wildman–Crippen MR) is 222 cm³/mol. The molecule has 6 heteroatoms. The van der Waals surface area contributed by atoms with Crippen LogP contribution >= 0.6 is 0 Å². The molecule has 0 aliphatic carbocycles. The van der Waals surface area contributed by atoms with Gasteiger partial charge in [0, 0.05) is 44.3 Å². The first-order valence-corrected chi connectivity index (χ1v) is 17.9. The van der Waals surface area contributed by atoms with Gasteiger partial charge in [-0.2, -0.15) is 0 Å². The topological polar surface area (TPSA) is 69.4 Å². The zero-order valence-corrected chi connectivity index (χ0v) is 29.6. The van der Waals surface area contributed by atoms with Crippen LogP contribution in [0.5, 0.6) is 0 Å². The Labute approximate surface area is 313 Å². The highest BCUT2D eigenvalue weighted by Gasteiger charge is 2.20. The van der Waals surface area contributed by atoms with Crippen molar-refractivity contribution < 1.29 is 0 Å². The van der Waals surface area contributed by atoms with Gasteiger partial charge in [-0.15, -0.1) is 0 Å². The number of para-hydroxylation sites is 4. The Morgan fingerprint density at radius 3 is 1.52 bits per heavy atom. The highest BCUT2D eigenvalue weighted by Crippen LogP contribution is 2.37. The first kappa shape index (κ1) is 32.6. The van der Waals surface area contributed by atoms with Gasteiger partial charge in [0.1, 0.15) is 5.82 Å². The average Bonchev–Trinajstić information content (AvgIpc) is 3.63.